The first kappa shape index (κ1) is 18.9. The van der Waals surface area contributed by atoms with E-state index in [0.717, 1.165) is 16.8 Å². The predicted octanol–water partition coefficient (Wildman–Crippen LogP) is 2.30. The van der Waals surface area contributed by atoms with E-state index in [1.807, 2.05) is 61.5 Å². The summed E-state index contributed by atoms with van der Waals surface area (Å²) in [6.45, 7) is 2.99. The number of carbonyl (C=O) groups is 2. The van der Waals surface area contributed by atoms with Gasteiger partial charge in [0, 0.05) is 31.7 Å². The molecule has 0 unspecified atom stereocenters. The first-order valence-electron chi connectivity index (χ1n) is 9.14. The maximum Gasteiger partial charge on any atom is 0.318 e. The molecule has 3 rings (SSSR count). The fourth-order valence-corrected chi connectivity index (χ4v) is 3.22. The zero-order chi connectivity index (χ0) is 19.2. The van der Waals surface area contributed by atoms with Gasteiger partial charge in [0.2, 0.25) is 5.91 Å². The van der Waals surface area contributed by atoms with Gasteiger partial charge in [-0.2, -0.15) is 0 Å². The first-order chi connectivity index (χ1) is 13.1. The smallest absolute Gasteiger partial charge is 0.318 e. The number of urea groups is 1. The number of hydrogen-bond acceptors (Lipinski definition) is 3. The third-order valence-corrected chi connectivity index (χ3v) is 4.67. The number of aryl methyl sites for hydroxylation is 1. The lowest BCUT2D eigenvalue weighted by Crippen LogP contribution is -2.46. The Kier molecular flexibility index (Phi) is 6.08. The highest BCUT2D eigenvalue weighted by atomic mass is 16.3. The van der Waals surface area contributed by atoms with E-state index >= 15 is 0 Å². The molecule has 1 aliphatic heterocycles. The molecule has 1 atom stereocenters. The van der Waals surface area contributed by atoms with E-state index in [1.54, 1.807) is 9.80 Å². The standard InChI is InChI=1S/C21H25N3O3/c1-16-7-9-19(10-8-16)24-15-18(13-20(24)26)22-21(27)23(11-12-25)14-17-5-3-2-4-6-17/h2-10,18,25H,11-15H2,1H3,(H,22,27)/t18-/m0/s1. The van der Waals surface area contributed by atoms with Crippen LogP contribution in [0.1, 0.15) is 17.5 Å². The van der Waals surface area contributed by atoms with E-state index in [4.69, 9.17) is 0 Å². The molecule has 0 aliphatic carbocycles. The summed E-state index contributed by atoms with van der Waals surface area (Å²) in [6.07, 6.45) is 0.276. The monoisotopic (exact) mass is 367 g/mol. The molecule has 0 saturated carbocycles. The molecule has 0 aromatic heterocycles. The lowest BCUT2D eigenvalue weighted by Gasteiger charge is -2.24. The molecule has 2 aromatic rings. The molecule has 2 aromatic carbocycles. The average molecular weight is 367 g/mol. The number of aliphatic hydroxyl groups excluding tert-OH is 1. The average Bonchev–Trinajstić information content (AvgIpc) is 3.03. The Labute approximate surface area is 159 Å². The van der Waals surface area contributed by atoms with Crippen LogP contribution in [-0.4, -0.2) is 47.7 Å². The van der Waals surface area contributed by atoms with Crippen LogP contribution in [0.3, 0.4) is 0 Å². The Morgan fingerprint density at radius 2 is 1.89 bits per heavy atom. The quantitative estimate of drug-likeness (QED) is 0.823. The number of nitrogens with zero attached hydrogens (tertiary/aromatic N) is 2. The molecule has 1 saturated heterocycles. The molecule has 0 bridgehead atoms. The van der Waals surface area contributed by atoms with Crippen LogP contribution in [0, 0.1) is 6.92 Å². The molecular formula is C21H25N3O3. The second-order valence-corrected chi connectivity index (χ2v) is 6.82. The van der Waals surface area contributed by atoms with Crippen LogP contribution in [0.25, 0.3) is 0 Å². The van der Waals surface area contributed by atoms with Gasteiger partial charge in [0.05, 0.1) is 12.6 Å². The number of benzene rings is 2. The summed E-state index contributed by atoms with van der Waals surface area (Å²) in [6, 6.07) is 16.9. The number of aliphatic hydroxyl groups is 1. The van der Waals surface area contributed by atoms with Gasteiger partial charge < -0.3 is 20.2 Å². The number of rotatable bonds is 6. The SMILES string of the molecule is Cc1ccc(N2C[C@@H](NC(=O)N(CCO)Cc3ccccc3)CC2=O)cc1. The summed E-state index contributed by atoms with van der Waals surface area (Å²) in [4.78, 5) is 28.3. The van der Waals surface area contributed by atoms with Gasteiger partial charge in [-0.05, 0) is 24.6 Å². The Morgan fingerprint density at radius 3 is 2.56 bits per heavy atom. The van der Waals surface area contributed by atoms with Gasteiger partial charge in [0.1, 0.15) is 0 Å². The molecule has 142 valence electrons. The predicted molar refractivity (Wildman–Crippen MR) is 104 cm³/mol. The fourth-order valence-electron chi connectivity index (χ4n) is 3.22. The minimum Gasteiger partial charge on any atom is -0.395 e. The van der Waals surface area contributed by atoms with Gasteiger partial charge in [-0.25, -0.2) is 4.79 Å². The van der Waals surface area contributed by atoms with Gasteiger partial charge in [0.15, 0.2) is 0 Å². The van der Waals surface area contributed by atoms with Crippen LogP contribution in [0.4, 0.5) is 10.5 Å². The van der Waals surface area contributed by atoms with Gasteiger partial charge >= 0.3 is 6.03 Å². The third-order valence-electron chi connectivity index (χ3n) is 4.67. The minimum atomic E-state index is -0.267. The number of nitrogens with one attached hydrogen (secondary N) is 1. The summed E-state index contributed by atoms with van der Waals surface area (Å²) in [5.41, 5.74) is 2.97. The molecule has 0 spiro atoms. The van der Waals surface area contributed by atoms with Crippen molar-refractivity contribution < 1.29 is 14.7 Å². The first-order valence-corrected chi connectivity index (χ1v) is 9.14. The molecule has 6 heteroatoms. The van der Waals surface area contributed by atoms with Gasteiger partial charge in [-0.3, -0.25) is 4.79 Å². The van der Waals surface area contributed by atoms with Gasteiger partial charge in [-0.1, -0.05) is 48.0 Å². The minimum absolute atomic E-state index is 0.000852. The normalized spacial score (nSPS) is 16.4. The molecule has 3 amide bonds. The van der Waals surface area contributed by atoms with Crippen molar-refractivity contribution in [2.24, 2.45) is 0 Å². The zero-order valence-corrected chi connectivity index (χ0v) is 15.5. The van der Waals surface area contributed by atoms with E-state index < -0.39 is 0 Å². The largest absolute Gasteiger partial charge is 0.395 e. The summed E-state index contributed by atoms with van der Waals surface area (Å²) in [5.74, 6) is 0.000852. The fraction of sp³-hybridized carbons (Fsp3) is 0.333. The van der Waals surface area contributed by atoms with Crippen molar-refractivity contribution in [3.63, 3.8) is 0 Å². The third kappa shape index (κ3) is 4.86. The van der Waals surface area contributed by atoms with E-state index in [2.05, 4.69) is 5.32 Å². The van der Waals surface area contributed by atoms with Gasteiger partial charge in [0.25, 0.3) is 0 Å². The molecule has 0 radical (unpaired) electrons. The number of anilines is 1. The van der Waals surface area contributed by atoms with Crippen molar-refractivity contribution in [1.29, 1.82) is 0 Å². The van der Waals surface area contributed by atoms with Crippen LogP contribution in [0.5, 0.6) is 0 Å². The lowest BCUT2D eigenvalue weighted by molar-refractivity contribution is -0.117. The zero-order valence-electron chi connectivity index (χ0n) is 15.5. The van der Waals surface area contributed by atoms with Crippen molar-refractivity contribution >= 4 is 17.6 Å². The van der Waals surface area contributed by atoms with Gasteiger partial charge in [-0.15, -0.1) is 0 Å². The molecule has 1 heterocycles. The van der Waals surface area contributed by atoms with Crippen LogP contribution < -0.4 is 10.2 Å². The second kappa shape index (κ2) is 8.68. The number of hydrogen-bond donors (Lipinski definition) is 2. The summed E-state index contributed by atoms with van der Waals surface area (Å²) in [5, 5.41) is 12.2. The van der Waals surface area contributed by atoms with E-state index in [0.29, 0.717) is 13.1 Å². The Balaban J connectivity index is 1.62. The van der Waals surface area contributed by atoms with Crippen molar-refractivity contribution in [2.45, 2.75) is 25.9 Å². The summed E-state index contributed by atoms with van der Waals surface area (Å²) < 4.78 is 0. The van der Waals surface area contributed by atoms with Crippen LogP contribution in [-0.2, 0) is 11.3 Å². The van der Waals surface area contributed by atoms with Crippen LogP contribution >= 0.6 is 0 Å². The lowest BCUT2D eigenvalue weighted by atomic mass is 10.2. The van der Waals surface area contributed by atoms with Crippen molar-refractivity contribution in [3.05, 3.63) is 65.7 Å². The summed E-state index contributed by atoms with van der Waals surface area (Å²) >= 11 is 0. The Morgan fingerprint density at radius 1 is 1.19 bits per heavy atom. The molecule has 27 heavy (non-hydrogen) atoms. The maximum absolute atomic E-state index is 12.7. The van der Waals surface area contributed by atoms with Crippen LogP contribution in [0.15, 0.2) is 54.6 Å². The molecule has 6 nitrogen and oxygen atoms in total. The van der Waals surface area contributed by atoms with E-state index in [-0.39, 0.29) is 37.6 Å². The highest BCUT2D eigenvalue weighted by molar-refractivity contribution is 5.96. The van der Waals surface area contributed by atoms with Crippen molar-refractivity contribution in [2.75, 3.05) is 24.6 Å². The number of carbonyl (C=O) groups excluding carboxylic acids is 2. The maximum atomic E-state index is 12.7. The second-order valence-electron chi connectivity index (χ2n) is 6.82. The van der Waals surface area contributed by atoms with Crippen LogP contribution in [0.2, 0.25) is 0 Å². The topological polar surface area (TPSA) is 72.9 Å². The Hall–Kier alpha value is -2.86. The molecule has 1 fully saturated rings. The van der Waals surface area contributed by atoms with Crippen molar-refractivity contribution in [1.82, 2.24) is 10.2 Å². The highest BCUT2D eigenvalue weighted by Crippen LogP contribution is 2.22. The molecular weight excluding hydrogens is 342 g/mol. The Bertz CT molecular complexity index is 777. The summed E-state index contributed by atoms with van der Waals surface area (Å²) in [7, 11) is 0. The van der Waals surface area contributed by atoms with Crippen molar-refractivity contribution in [3.8, 4) is 0 Å². The molecule has 2 N–H and O–H groups in total. The number of amides is 3. The van der Waals surface area contributed by atoms with E-state index in [9.17, 15) is 14.7 Å². The van der Waals surface area contributed by atoms with E-state index in [1.165, 1.54) is 0 Å². The highest BCUT2D eigenvalue weighted by Gasteiger charge is 2.32. The molecule has 1 aliphatic rings.